The first kappa shape index (κ1) is 20.1. The second-order valence-electron chi connectivity index (χ2n) is 5.60. The molecule has 0 saturated carbocycles. The van der Waals surface area contributed by atoms with Gasteiger partial charge in [-0.2, -0.15) is 6.41 Å². The molecule has 1 aliphatic heterocycles. The number of carbonyl (C=O) groups is 1. The van der Waals surface area contributed by atoms with Gasteiger partial charge in [0.2, 0.25) is 6.41 Å². The first-order chi connectivity index (χ1) is 10.7. The van der Waals surface area contributed by atoms with E-state index in [1.807, 2.05) is 0 Å². The molecule has 6 heteroatoms. The minimum Gasteiger partial charge on any atom is -0.526 e. The molecule has 0 aromatic heterocycles. The summed E-state index contributed by atoms with van der Waals surface area (Å²) < 4.78 is 0. The fourth-order valence-corrected chi connectivity index (χ4v) is 2.81. The van der Waals surface area contributed by atoms with E-state index in [9.17, 15) is 4.79 Å². The molecular weight excluding hydrogens is 535 g/mol. The molecule has 3 rings (SSSR count). The van der Waals surface area contributed by atoms with Gasteiger partial charge in [0.25, 0.3) is 0 Å². The average molecular weight is 561 g/mol. The molecular formula is C17H26FmN3O2-. The standard InChI is InChI=1S/C10H12.C6H11N2O.CH3NO.Fm/c1-2-6-10-8-4-3-7-9(10)5-1;1-5-2-6(3-7-5)8-4-9;2-1-3;/h1-2,5-6H,3-4,7-8H2;5-7H,2-3H2,1H3,(H,8,9);1H,(H2,2,3);/q;-1;;. The molecule has 1 aromatic carbocycles. The van der Waals surface area contributed by atoms with Crippen molar-refractivity contribution >= 4 is 12.8 Å². The summed E-state index contributed by atoms with van der Waals surface area (Å²) in [5.74, 6) is 0. The first-order valence-electron chi connectivity index (χ1n) is 7.79. The summed E-state index contributed by atoms with van der Waals surface area (Å²) in [6.07, 6.45) is 8.34. The van der Waals surface area contributed by atoms with Crippen LogP contribution in [0.25, 0.3) is 0 Å². The van der Waals surface area contributed by atoms with Gasteiger partial charge in [0, 0.05) is 18.6 Å². The molecule has 0 spiro atoms. The fraction of sp³-hybridized carbons (Fsp3) is 0.529. The molecule has 1 aromatic rings. The quantitative estimate of drug-likeness (QED) is 0.287. The zero-order valence-electron chi connectivity index (χ0n) is 13.5. The van der Waals surface area contributed by atoms with E-state index >= 15 is 0 Å². The summed E-state index contributed by atoms with van der Waals surface area (Å²) >= 11 is 0. The van der Waals surface area contributed by atoms with E-state index in [0.29, 0.717) is 12.1 Å². The topological polar surface area (TPSA) is 84.2 Å². The number of nitrogens with two attached hydrogens (primary N) is 1. The normalized spacial score (nSPS) is 21.1. The number of rotatable bonds is 2. The van der Waals surface area contributed by atoms with Gasteiger partial charge >= 0.3 is 0 Å². The van der Waals surface area contributed by atoms with Crippen molar-refractivity contribution in [2.45, 2.75) is 51.1 Å². The third-order valence-corrected chi connectivity index (χ3v) is 3.87. The average Bonchev–Trinajstić information content (AvgIpc) is 2.95. The van der Waals surface area contributed by atoms with Gasteiger partial charge in [-0.15, -0.1) is 0 Å². The van der Waals surface area contributed by atoms with Crippen LogP contribution in [0.15, 0.2) is 24.3 Å². The maximum absolute atomic E-state index is 9.80. The van der Waals surface area contributed by atoms with Crippen molar-refractivity contribution in [1.29, 1.82) is 0 Å². The summed E-state index contributed by atoms with van der Waals surface area (Å²) in [6, 6.07) is 9.64. The second kappa shape index (κ2) is 11.7. The van der Waals surface area contributed by atoms with E-state index in [1.54, 1.807) is 17.5 Å². The van der Waals surface area contributed by atoms with E-state index in [-0.39, 0.29) is 6.41 Å². The summed E-state index contributed by atoms with van der Waals surface area (Å²) in [5, 5.41) is 5.82. The van der Waals surface area contributed by atoms with Gasteiger partial charge in [-0.05, 0) is 50.2 Å². The van der Waals surface area contributed by atoms with Gasteiger partial charge in [-0.3, -0.25) is 4.79 Å². The van der Waals surface area contributed by atoms with E-state index in [2.05, 4.69) is 47.6 Å². The molecule has 134 valence electrons. The van der Waals surface area contributed by atoms with Gasteiger partial charge in [0.15, 0.2) is 0 Å². The van der Waals surface area contributed by atoms with Crippen LogP contribution in [0.2, 0.25) is 0 Å². The zero-order valence-corrected chi connectivity index (χ0v) is 15.9. The van der Waals surface area contributed by atoms with Crippen molar-refractivity contribution in [3.05, 3.63) is 35.4 Å². The molecule has 2 unspecified atom stereocenters. The third-order valence-electron chi connectivity index (χ3n) is 3.87. The van der Waals surface area contributed by atoms with Crippen molar-refractivity contribution in [1.82, 2.24) is 10.6 Å². The number of hydrogen-bond acceptors (Lipinski definition) is 3. The zero-order chi connectivity index (χ0) is 16.2. The Balaban J connectivity index is 0.000000350. The first-order valence-corrected chi connectivity index (χ1v) is 7.79. The maximum Gasteiger partial charge on any atom is 0.204 e. The molecule has 1 heterocycles. The Morgan fingerprint density at radius 2 is 1.78 bits per heavy atom. The monoisotopic (exact) mass is 561 g/mol. The molecule has 2 aliphatic rings. The largest absolute Gasteiger partial charge is 0.526 e. The van der Waals surface area contributed by atoms with Crippen molar-refractivity contribution in [2.24, 2.45) is 5.73 Å². The Labute approximate surface area is 132 Å². The number of nitrogens with one attached hydrogen (secondary N) is 2. The van der Waals surface area contributed by atoms with Gasteiger partial charge in [0.05, 0.1) is 0 Å². The van der Waals surface area contributed by atoms with Gasteiger partial charge in [-0.1, -0.05) is 24.3 Å². The Morgan fingerprint density at radius 1 is 1.26 bits per heavy atom. The number of carbonyl (C=O) groups excluding carboxylic acids is 2. The van der Waals surface area contributed by atoms with Crippen LogP contribution in [-0.4, -0.2) is 31.4 Å². The summed E-state index contributed by atoms with van der Waals surface area (Å²) in [6.45, 7) is 2.99. The van der Waals surface area contributed by atoms with Crippen LogP contribution >= 0.6 is 0 Å². The van der Waals surface area contributed by atoms with Gasteiger partial charge in [0.1, 0.15) is 0 Å². The maximum atomic E-state index is 9.80. The summed E-state index contributed by atoms with van der Waals surface area (Å²) in [4.78, 5) is 18.4. The van der Waals surface area contributed by atoms with Crippen molar-refractivity contribution < 1.29 is 9.59 Å². The van der Waals surface area contributed by atoms with Crippen LogP contribution < -0.4 is 16.4 Å². The van der Waals surface area contributed by atoms with Crippen molar-refractivity contribution in [3.63, 3.8) is 0 Å². The van der Waals surface area contributed by atoms with Crippen LogP contribution in [0.3, 0.4) is 0 Å². The Morgan fingerprint density at radius 3 is 2.17 bits per heavy atom. The third kappa shape index (κ3) is 7.62. The molecule has 2 atom stereocenters. The van der Waals surface area contributed by atoms with Crippen molar-refractivity contribution in [2.75, 3.05) is 6.54 Å². The molecule has 5 nitrogen and oxygen atoms in total. The fourth-order valence-electron chi connectivity index (χ4n) is 2.81. The SMILES string of the molecule is CC1CC(N[C-]=O)CN1.NC=O.[Fm].c1ccc2c(c1)CCCC2. The molecule has 0 radical (unpaired) electrons. The summed E-state index contributed by atoms with van der Waals surface area (Å²) in [7, 11) is 0. The van der Waals surface area contributed by atoms with E-state index in [4.69, 9.17) is 4.79 Å². The van der Waals surface area contributed by atoms with Crippen LogP contribution in [0.1, 0.15) is 37.3 Å². The Hall–Kier alpha value is -2.88. The summed E-state index contributed by atoms with van der Waals surface area (Å²) in [5.41, 5.74) is 7.32. The number of amides is 2. The molecule has 2 amide bonds. The number of fused-ring (bicyclic) bond motifs is 1. The predicted octanol–water partition coefficient (Wildman–Crippen LogP) is 1.06. The van der Waals surface area contributed by atoms with Crippen LogP contribution in [-0.2, 0) is 22.4 Å². The minimum atomic E-state index is 0. The van der Waals surface area contributed by atoms with E-state index in [1.165, 1.54) is 25.7 Å². The number of benzene rings is 1. The van der Waals surface area contributed by atoms with Gasteiger partial charge < -0.3 is 21.2 Å². The molecule has 1 fully saturated rings. The van der Waals surface area contributed by atoms with E-state index in [0.717, 1.165) is 13.0 Å². The molecule has 0 bridgehead atoms. The Bertz CT molecular complexity index is 432. The second-order valence-corrected chi connectivity index (χ2v) is 5.60. The molecule has 4 N–H and O–H groups in total. The molecule has 23 heavy (non-hydrogen) atoms. The van der Waals surface area contributed by atoms with Gasteiger partial charge in [-0.25, -0.2) is 0 Å². The van der Waals surface area contributed by atoms with Crippen LogP contribution in [0, 0.1) is 0 Å². The predicted molar refractivity (Wildman–Crippen MR) is 88.0 cm³/mol. The minimum absolute atomic E-state index is 0. The van der Waals surface area contributed by atoms with E-state index < -0.39 is 0 Å². The van der Waals surface area contributed by atoms with Crippen molar-refractivity contribution in [3.8, 4) is 0 Å². The Kier molecular flexibility index (Phi) is 10.3. The van der Waals surface area contributed by atoms with Crippen LogP contribution in [0.4, 0.5) is 0 Å². The smallest absolute Gasteiger partial charge is 0.204 e. The number of primary amides is 1. The number of aryl methyl sites for hydroxylation is 2. The van der Waals surface area contributed by atoms with Crippen LogP contribution in [0.5, 0.6) is 0 Å². The molecule has 1 aliphatic carbocycles. The molecule has 1 saturated heterocycles. The number of hydrogen-bond donors (Lipinski definition) is 3.